The Labute approximate surface area is 145 Å². The number of sulfonamides is 1. The lowest BCUT2D eigenvalue weighted by Crippen LogP contribution is -2.40. The van der Waals surface area contributed by atoms with E-state index < -0.39 is 22.0 Å². The van der Waals surface area contributed by atoms with E-state index in [1.807, 2.05) is 31.2 Å². The average molecular weight is 358 g/mol. The third kappa shape index (κ3) is 3.72. The molecule has 0 spiro atoms. The minimum atomic E-state index is -3.80. The van der Waals surface area contributed by atoms with Crippen molar-refractivity contribution in [2.24, 2.45) is 0 Å². The number of ether oxygens (including phenoxy) is 1. The number of carbonyl (C=O) groups excluding carboxylic acids is 1. The van der Waals surface area contributed by atoms with Crippen molar-refractivity contribution in [3.8, 4) is 5.75 Å². The Kier molecular flexibility index (Phi) is 4.61. The first kappa shape index (κ1) is 17.2. The van der Waals surface area contributed by atoms with E-state index in [4.69, 9.17) is 4.74 Å². The molecular formula is C18H18N2O4S. The molecule has 0 fully saturated rings. The van der Waals surface area contributed by atoms with Gasteiger partial charge in [0.25, 0.3) is 0 Å². The van der Waals surface area contributed by atoms with E-state index >= 15 is 0 Å². The molecule has 0 aliphatic rings. The summed E-state index contributed by atoms with van der Waals surface area (Å²) in [6.45, 7) is 3.31. The predicted octanol–water partition coefficient (Wildman–Crippen LogP) is 2.75. The Hall–Kier alpha value is -2.64. The van der Waals surface area contributed by atoms with Gasteiger partial charge in [0, 0.05) is 17.1 Å². The topological polar surface area (TPSA) is 88.3 Å². The van der Waals surface area contributed by atoms with Gasteiger partial charge in [-0.15, -0.1) is 0 Å². The molecular weight excluding hydrogens is 340 g/mol. The van der Waals surface area contributed by atoms with Crippen molar-refractivity contribution in [2.45, 2.75) is 24.8 Å². The fourth-order valence-corrected chi connectivity index (χ4v) is 3.58. The average Bonchev–Trinajstić information content (AvgIpc) is 2.98. The smallest absolute Gasteiger partial charge is 0.329 e. The number of carbonyl (C=O) groups is 1. The highest BCUT2D eigenvalue weighted by Crippen LogP contribution is 2.25. The molecule has 0 unspecified atom stereocenters. The van der Waals surface area contributed by atoms with E-state index in [2.05, 4.69) is 9.71 Å². The van der Waals surface area contributed by atoms with E-state index in [0.717, 1.165) is 16.5 Å². The van der Waals surface area contributed by atoms with Gasteiger partial charge in [-0.25, -0.2) is 13.2 Å². The lowest BCUT2D eigenvalue weighted by atomic mass is 10.2. The lowest BCUT2D eigenvalue weighted by Gasteiger charge is -2.13. The molecule has 130 valence electrons. The number of fused-ring (bicyclic) bond motifs is 1. The summed E-state index contributed by atoms with van der Waals surface area (Å²) in [5.41, 5.74) is 1.78. The SMILES string of the molecule is Cc1ccc(S(=O)(=O)N[C@@H](C)C(=O)Oc2c[nH]c3ccccc23)cc1. The second kappa shape index (κ2) is 6.70. The summed E-state index contributed by atoms with van der Waals surface area (Å²) < 4.78 is 32.4. The highest BCUT2D eigenvalue weighted by molar-refractivity contribution is 7.89. The zero-order valence-corrected chi connectivity index (χ0v) is 14.6. The summed E-state index contributed by atoms with van der Waals surface area (Å²) in [5, 5.41) is 0.754. The zero-order valence-electron chi connectivity index (χ0n) is 13.8. The highest BCUT2D eigenvalue weighted by atomic mass is 32.2. The lowest BCUT2D eigenvalue weighted by molar-refractivity contribution is -0.135. The normalized spacial score (nSPS) is 12.9. The molecule has 3 aromatic rings. The van der Waals surface area contributed by atoms with Gasteiger partial charge in [0.05, 0.1) is 4.90 Å². The molecule has 1 heterocycles. The molecule has 6 nitrogen and oxygen atoms in total. The summed E-state index contributed by atoms with van der Waals surface area (Å²) in [7, 11) is -3.80. The third-order valence-electron chi connectivity index (χ3n) is 3.78. The molecule has 2 N–H and O–H groups in total. The number of esters is 1. The number of para-hydroxylation sites is 1. The Morgan fingerprint density at radius 1 is 1.12 bits per heavy atom. The first-order valence-corrected chi connectivity index (χ1v) is 9.22. The largest absolute Gasteiger partial charge is 0.423 e. The minimum Gasteiger partial charge on any atom is -0.423 e. The summed E-state index contributed by atoms with van der Waals surface area (Å²) in [6, 6.07) is 12.7. The standard InChI is InChI=1S/C18H18N2O4S/c1-12-7-9-14(10-8-12)25(22,23)20-13(2)18(21)24-17-11-19-16-6-4-3-5-15(16)17/h3-11,13,19-20H,1-2H3/t13-/m0/s1. The first-order valence-electron chi connectivity index (χ1n) is 7.73. The Morgan fingerprint density at radius 3 is 2.52 bits per heavy atom. The van der Waals surface area contributed by atoms with Crippen LogP contribution < -0.4 is 9.46 Å². The number of aromatic amines is 1. The number of aromatic nitrogens is 1. The van der Waals surface area contributed by atoms with Crippen LogP contribution in [-0.4, -0.2) is 25.4 Å². The fourth-order valence-electron chi connectivity index (χ4n) is 2.39. The first-order chi connectivity index (χ1) is 11.9. The quantitative estimate of drug-likeness (QED) is 0.687. The van der Waals surface area contributed by atoms with Gasteiger partial charge in [-0.1, -0.05) is 29.8 Å². The molecule has 0 amide bonds. The van der Waals surface area contributed by atoms with Gasteiger partial charge < -0.3 is 9.72 Å². The summed E-state index contributed by atoms with van der Waals surface area (Å²) in [6.07, 6.45) is 1.57. The van der Waals surface area contributed by atoms with Crippen molar-refractivity contribution in [2.75, 3.05) is 0 Å². The maximum absolute atomic E-state index is 12.3. The van der Waals surface area contributed by atoms with E-state index in [0.29, 0.717) is 5.75 Å². The minimum absolute atomic E-state index is 0.102. The Bertz CT molecular complexity index is 1010. The number of H-pyrrole nitrogens is 1. The predicted molar refractivity (Wildman–Crippen MR) is 94.9 cm³/mol. The molecule has 2 aromatic carbocycles. The van der Waals surface area contributed by atoms with Gasteiger partial charge in [-0.05, 0) is 38.1 Å². The van der Waals surface area contributed by atoms with Crippen LogP contribution in [0.4, 0.5) is 0 Å². The van der Waals surface area contributed by atoms with Gasteiger partial charge in [0.15, 0.2) is 5.75 Å². The zero-order chi connectivity index (χ0) is 18.0. The van der Waals surface area contributed by atoms with E-state index in [1.165, 1.54) is 19.1 Å². The molecule has 7 heteroatoms. The molecule has 0 aliphatic carbocycles. The molecule has 1 aromatic heterocycles. The number of benzene rings is 2. The van der Waals surface area contributed by atoms with Crippen LogP contribution in [-0.2, 0) is 14.8 Å². The van der Waals surface area contributed by atoms with Crippen molar-refractivity contribution in [1.29, 1.82) is 0 Å². The van der Waals surface area contributed by atoms with Crippen molar-refractivity contribution in [3.63, 3.8) is 0 Å². The van der Waals surface area contributed by atoms with Crippen LogP contribution in [0, 0.1) is 6.92 Å². The molecule has 0 bridgehead atoms. The van der Waals surface area contributed by atoms with Gasteiger partial charge in [-0.3, -0.25) is 0 Å². The van der Waals surface area contributed by atoms with Gasteiger partial charge in [0.1, 0.15) is 6.04 Å². The van der Waals surface area contributed by atoms with Crippen LogP contribution in [0.5, 0.6) is 5.75 Å². The Morgan fingerprint density at radius 2 is 1.80 bits per heavy atom. The summed E-state index contributed by atoms with van der Waals surface area (Å²) >= 11 is 0. The number of nitrogens with one attached hydrogen (secondary N) is 2. The van der Waals surface area contributed by atoms with Crippen molar-refractivity contribution in [1.82, 2.24) is 9.71 Å². The molecule has 0 saturated carbocycles. The van der Waals surface area contributed by atoms with Crippen LogP contribution in [0.2, 0.25) is 0 Å². The number of hydrogen-bond donors (Lipinski definition) is 2. The van der Waals surface area contributed by atoms with Gasteiger partial charge in [0.2, 0.25) is 10.0 Å². The van der Waals surface area contributed by atoms with Gasteiger partial charge in [-0.2, -0.15) is 4.72 Å². The van der Waals surface area contributed by atoms with Crippen LogP contribution >= 0.6 is 0 Å². The van der Waals surface area contributed by atoms with Crippen molar-refractivity contribution in [3.05, 3.63) is 60.3 Å². The molecule has 3 rings (SSSR count). The van der Waals surface area contributed by atoms with E-state index in [9.17, 15) is 13.2 Å². The van der Waals surface area contributed by atoms with Crippen LogP contribution in [0.3, 0.4) is 0 Å². The monoisotopic (exact) mass is 358 g/mol. The van der Waals surface area contributed by atoms with Crippen LogP contribution in [0.25, 0.3) is 10.9 Å². The second-order valence-electron chi connectivity index (χ2n) is 5.78. The van der Waals surface area contributed by atoms with Crippen LogP contribution in [0.15, 0.2) is 59.6 Å². The Balaban J connectivity index is 1.73. The molecule has 0 saturated heterocycles. The third-order valence-corrected chi connectivity index (χ3v) is 5.34. The van der Waals surface area contributed by atoms with Crippen molar-refractivity contribution >= 4 is 26.9 Å². The van der Waals surface area contributed by atoms with Gasteiger partial charge >= 0.3 is 5.97 Å². The second-order valence-corrected chi connectivity index (χ2v) is 7.49. The highest BCUT2D eigenvalue weighted by Gasteiger charge is 2.24. The van der Waals surface area contributed by atoms with E-state index in [-0.39, 0.29) is 4.90 Å². The maximum atomic E-state index is 12.3. The van der Waals surface area contributed by atoms with Crippen molar-refractivity contribution < 1.29 is 17.9 Å². The number of aryl methyl sites for hydroxylation is 1. The molecule has 0 aliphatic heterocycles. The van der Waals surface area contributed by atoms with E-state index in [1.54, 1.807) is 18.3 Å². The number of rotatable bonds is 5. The van der Waals surface area contributed by atoms with Crippen LogP contribution in [0.1, 0.15) is 12.5 Å². The molecule has 0 radical (unpaired) electrons. The summed E-state index contributed by atoms with van der Waals surface area (Å²) in [4.78, 5) is 15.4. The fraction of sp³-hybridized carbons (Fsp3) is 0.167. The molecule has 25 heavy (non-hydrogen) atoms. The number of hydrogen-bond acceptors (Lipinski definition) is 4. The molecule has 1 atom stereocenters. The summed E-state index contributed by atoms with van der Waals surface area (Å²) in [5.74, 6) is -0.317. The maximum Gasteiger partial charge on any atom is 0.329 e.